The molecule has 0 saturated carbocycles. The molecule has 0 bridgehead atoms. The zero-order valence-corrected chi connectivity index (χ0v) is 11.9. The van der Waals surface area contributed by atoms with E-state index >= 15 is 0 Å². The van der Waals surface area contributed by atoms with Gasteiger partial charge in [-0.25, -0.2) is 0 Å². The van der Waals surface area contributed by atoms with E-state index in [2.05, 4.69) is 9.47 Å². The Kier molecular flexibility index (Phi) is 7.68. The van der Waals surface area contributed by atoms with Gasteiger partial charge in [0.25, 0.3) is 0 Å². The van der Waals surface area contributed by atoms with Crippen LogP contribution in [0.1, 0.15) is 33.1 Å². The Bertz CT molecular complexity index is 377. The Balaban J connectivity index is 4.03. The van der Waals surface area contributed by atoms with Crippen LogP contribution in [0, 0.1) is 5.92 Å². The average Bonchev–Trinajstić information content (AvgIpc) is 2.20. The van der Waals surface area contributed by atoms with Crippen LogP contribution in [0.2, 0.25) is 0 Å². The lowest BCUT2D eigenvalue weighted by Gasteiger charge is -2.18. The van der Waals surface area contributed by atoms with Crippen molar-refractivity contribution in [1.82, 2.24) is 0 Å². The molecule has 0 fully saturated rings. The van der Waals surface area contributed by atoms with E-state index in [1.54, 1.807) is 0 Å². The number of hydrogen-bond acceptors (Lipinski definition) is 4. The van der Waals surface area contributed by atoms with Gasteiger partial charge in [-0.15, -0.1) is 0 Å². The molecule has 0 spiro atoms. The molecule has 22 heavy (non-hydrogen) atoms. The Labute approximate surface area is 122 Å². The Hall–Kier alpha value is -1.48. The fourth-order valence-electron chi connectivity index (χ4n) is 1.56. The molecule has 0 aromatic heterocycles. The van der Waals surface area contributed by atoms with E-state index in [4.69, 9.17) is 0 Å². The number of halogens is 6. The van der Waals surface area contributed by atoms with Gasteiger partial charge in [0.1, 0.15) is 12.8 Å². The molecule has 2 unspecified atom stereocenters. The molecular weight excluding hydrogens is 322 g/mol. The van der Waals surface area contributed by atoms with Crippen LogP contribution in [0.5, 0.6) is 0 Å². The Morgan fingerprint density at radius 1 is 0.909 bits per heavy atom. The summed E-state index contributed by atoms with van der Waals surface area (Å²) in [5, 5.41) is 0. The summed E-state index contributed by atoms with van der Waals surface area (Å²) in [5.41, 5.74) is 0. The Morgan fingerprint density at radius 3 is 1.82 bits per heavy atom. The lowest BCUT2D eigenvalue weighted by atomic mass is 10.1. The fourth-order valence-corrected chi connectivity index (χ4v) is 1.56. The van der Waals surface area contributed by atoms with E-state index in [-0.39, 0.29) is 13.0 Å². The van der Waals surface area contributed by atoms with E-state index in [9.17, 15) is 35.9 Å². The molecule has 0 aromatic carbocycles. The first-order valence-electron chi connectivity index (χ1n) is 6.27. The van der Waals surface area contributed by atoms with Gasteiger partial charge in [-0.05, 0) is 19.3 Å². The molecule has 0 rings (SSSR count). The van der Waals surface area contributed by atoms with Gasteiger partial charge >= 0.3 is 24.3 Å². The molecule has 0 radical (unpaired) electrons. The summed E-state index contributed by atoms with van der Waals surface area (Å²) < 4.78 is 80.2. The highest BCUT2D eigenvalue weighted by Crippen LogP contribution is 2.22. The summed E-state index contributed by atoms with van der Waals surface area (Å²) >= 11 is 0. The second-order valence-electron chi connectivity index (χ2n) is 4.91. The van der Waals surface area contributed by atoms with Gasteiger partial charge in [-0.3, -0.25) is 9.59 Å². The van der Waals surface area contributed by atoms with Crippen LogP contribution in [-0.4, -0.2) is 37.0 Å². The Morgan fingerprint density at radius 2 is 1.36 bits per heavy atom. The number of carbonyl (C=O) groups excluding carboxylic acids is 2. The van der Waals surface area contributed by atoms with Crippen molar-refractivity contribution in [1.29, 1.82) is 0 Å². The average molecular weight is 338 g/mol. The summed E-state index contributed by atoms with van der Waals surface area (Å²) in [4.78, 5) is 21.8. The molecule has 0 N–H and O–H groups in total. The third-order valence-corrected chi connectivity index (χ3v) is 2.29. The van der Waals surface area contributed by atoms with Gasteiger partial charge in [-0.1, -0.05) is 6.92 Å². The molecule has 0 heterocycles. The summed E-state index contributed by atoms with van der Waals surface area (Å²) in [7, 11) is 0. The van der Waals surface area contributed by atoms with Crippen LogP contribution in [0.4, 0.5) is 26.3 Å². The van der Waals surface area contributed by atoms with Crippen molar-refractivity contribution in [3.8, 4) is 0 Å². The molecule has 0 aliphatic carbocycles. The quantitative estimate of drug-likeness (QED) is 0.527. The largest absolute Gasteiger partial charge is 0.465 e. The van der Waals surface area contributed by atoms with Crippen molar-refractivity contribution in [2.45, 2.75) is 51.6 Å². The van der Waals surface area contributed by atoms with Crippen LogP contribution in [0.15, 0.2) is 0 Å². The fraction of sp³-hybridized carbons (Fsp3) is 0.833. The normalized spacial score (nSPS) is 15.1. The van der Waals surface area contributed by atoms with Gasteiger partial charge < -0.3 is 9.47 Å². The molecule has 0 aromatic rings. The third kappa shape index (κ3) is 12.3. The van der Waals surface area contributed by atoms with Crippen molar-refractivity contribution in [3.05, 3.63) is 0 Å². The standard InChI is InChI=1S/C12H16F6O4/c1-7(6-21-9(19)4-11(13,14)15)3-8(2)22-10(20)5-12(16,17)18/h7-8H,3-6H2,1-2H3. The van der Waals surface area contributed by atoms with Crippen molar-refractivity contribution in [2.24, 2.45) is 5.92 Å². The molecule has 0 amide bonds. The molecule has 0 aliphatic rings. The predicted octanol–water partition coefficient (Wildman–Crippen LogP) is 3.39. The van der Waals surface area contributed by atoms with Crippen LogP contribution in [0.3, 0.4) is 0 Å². The summed E-state index contributed by atoms with van der Waals surface area (Å²) in [6.07, 6.45) is -13.6. The molecule has 0 saturated heterocycles. The topological polar surface area (TPSA) is 52.6 Å². The van der Waals surface area contributed by atoms with Crippen molar-refractivity contribution < 1.29 is 45.4 Å². The number of hydrogen-bond donors (Lipinski definition) is 0. The van der Waals surface area contributed by atoms with Crippen LogP contribution < -0.4 is 0 Å². The van der Waals surface area contributed by atoms with E-state index in [1.165, 1.54) is 13.8 Å². The van der Waals surface area contributed by atoms with Crippen LogP contribution >= 0.6 is 0 Å². The van der Waals surface area contributed by atoms with Crippen molar-refractivity contribution >= 4 is 11.9 Å². The second kappa shape index (κ2) is 8.23. The first-order valence-corrected chi connectivity index (χ1v) is 6.27. The van der Waals surface area contributed by atoms with E-state index in [1.807, 2.05) is 0 Å². The predicted molar refractivity (Wildman–Crippen MR) is 61.6 cm³/mol. The minimum atomic E-state index is -4.67. The lowest BCUT2D eigenvalue weighted by molar-refractivity contribution is -0.177. The van der Waals surface area contributed by atoms with Gasteiger partial charge in [0.15, 0.2) is 0 Å². The highest BCUT2D eigenvalue weighted by Gasteiger charge is 2.33. The third-order valence-electron chi connectivity index (χ3n) is 2.29. The van der Waals surface area contributed by atoms with E-state index in [0.717, 1.165) is 0 Å². The SMILES string of the molecule is CC(COC(=O)CC(F)(F)F)CC(C)OC(=O)CC(F)(F)F. The summed E-state index contributed by atoms with van der Waals surface area (Å²) in [6, 6.07) is 0. The molecule has 0 aliphatic heterocycles. The highest BCUT2D eigenvalue weighted by atomic mass is 19.4. The number of esters is 2. The number of carbonyl (C=O) groups is 2. The van der Waals surface area contributed by atoms with Crippen LogP contribution in [0.25, 0.3) is 0 Å². The minimum absolute atomic E-state index is 0.0445. The number of ether oxygens (including phenoxy) is 2. The maximum absolute atomic E-state index is 11.9. The van der Waals surface area contributed by atoms with Gasteiger partial charge in [0.2, 0.25) is 0 Å². The maximum Gasteiger partial charge on any atom is 0.399 e. The molecule has 10 heteroatoms. The smallest absolute Gasteiger partial charge is 0.399 e. The highest BCUT2D eigenvalue weighted by molar-refractivity contribution is 5.70. The molecule has 4 nitrogen and oxygen atoms in total. The van der Waals surface area contributed by atoms with E-state index < -0.39 is 49.2 Å². The van der Waals surface area contributed by atoms with E-state index in [0.29, 0.717) is 0 Å². The summed E-state index contributed by atoms with van der Waals surface area (Å²) in [6.45, 7) is 2.48. The van der Waals surface area contributed by atoms with Gasteiger partial charge in [0, 0.05) is 0 Å². The monoisotopic (exact) mass is 338 g/mol. The minimum Gasteiger partial charge on any atom is -0.465 e. The second-order valence-corrected chi connectivity index (χ2v) is 4.91. The number of rotatable bonds is 7. The zero-order chi connectivity index (χ0) is 17.6. The van der Waals surface area contributed by atoms with Crippen LogP contribution in [-0.2, 0) is 19.1 Å². The maximum atomic E-state index is 11.9. The van der Waals surface area contributed by atoms with Gasteiger partial charge in [-0.2, -0.15) is 26.3 Å². The zero-order valence-electron chi connectivity index (χ0n) is 11.9. The van der Waals surface area contributed by atoms with Crippen molar-refractivity contribution in [3.63, 3.8) is 0 Å². The first-order chi connectivity index (χ1) is 9.78. The summed E-state index contributed by atoms with van der Waals surface area (Å²) in [5.74, 6) is -3.37. The molecule has 130 valence electrons. The molecule has 2 atom stereocenters. The van der Waals surface area contributed by atoms with Crippen molar-refractivity contribution in [2.75, 3.05) is 6.61 Å². The lowest BCUT2D eigenvalue weighted by Crippen LogP contribution is -2.24. The van der Waals surface area contributed by atoms with Gasteiger partial charge in [0.05, 0.1) is 12.7 Å². The first kappa shape index (κ1) is 20.5. The number of alkyl halides is 6. The molecular formula is C12H16F6O4.